The van der Waals surface area contributed by atoms with Crippen molar-refractivity contribution in [3.8, 4) is 0 Å². The van der Waals surface area contributed by atoms with Gasteiger partial charge in [0.1, 0.15) is 12.2 Å². The highest BCUT2D eigenvalue weighted by Crippen LogP contribution is 2.18. The lowest BCUT2D eigenvalue weighted by Crippen LogP contribution is -2.45. The average Bonchev–Trinajstić information content (AvgIpc) is 2.96. The van der Waals surface area contributed by atoms with Crippen molar-refractivity contribution in [2.45, 2.75) is 51.3 Å². The van der Waals surface area contributed by atoms with Crippen molar-refractivity contribution < 1.29 is 4.74 Å². The first kappa shape index (κ1) is 12.5. The van der Waals surface area contributed by atoms with Crippen LogP contribution >= 0.6 is 0 Å². The van der Waals surface area contributed by atoms with E-state index >= 15 is 0 Å². The summed E-state index contributed by atoms with van der Waals surface area (Å²) in [6.45, 7) is 5.02. The third-order valence-corrected chi connectivity index (χ3v) is 3.17. The minimum absolute atomic E-state index is 0.110. The Hall–Kier alpha value is -0.980. The molecule has 1 aromatic rings. The lowest BCUT2D eigenvalue weighted by molar-refractivity contribution is 0.0773. The zero-order valence-corrected chi connectivity index (χ0v) is 10.5. The van der Waals surface area contributed by atoms with Crippen LogP contribution in [-0.2, 0) is 11.2 Å². The van der Waals surface area contributed by atoms with Crippen LogP contribution in [0.2, 0.25) is 0 Å². The summed E-state index contributed by atoms with van der Waals surface area (Å²) in [7, 11) is 0. The van der Waals surface area contributed by atoms with Crippen LogP contribution in [0.25, 0.3) is 0 Å². The fourth-order valence-electron chi connectivity index (χ4n) is 2.27. The van der Waals surface area contributed by atoms with E-state index in [1.54, 1.807) is 6.33 Å². The Morgan fingerprint density at radius 3 is 3.06 bits per heavy atom. The summed E-state index contributed by atoms with van der Waals surface area (Å²) in [4.78, 5) is 4.30. The van der Waals surface area contributed by atoms with Crippen LogP contribution in [0.3, 0.4) is 0 Å². The van der Waals surface area contributed by atoms with Crippen molar-refractivity contribution in [1.82, 2.24) is 20.2 Å². The third kappa shape index (κ3) is 2.83. The van der Waals surface area contributed by atoms with E-state index in [-0.39, 0.29) is 12.1 Å². The molecule has 0 radical (unpaired) electrons. The standard InChI is InChI=1S/C11H21N5O/c1-8(2)16-11(13-7-14-16)6-9(15-12)10-4-3-5-17-10/h7-10,15H,3-6,12H2,1-2H3. The van der Waals surface area contributed by atoms with Crippen molar-refractivity contribution in [3.63, 3.8) is 0 Å². The molecule has 3 N–H and O–H groups in total. The van der Waals surface area contributed by atoms with Gasteiger partial charge in [-0.25, -0.2) is 9.67 Å². The van der Waals surface area contributed by atoms with Crippen LogP contribution in [0.4, 0.5) is 0 Å². The zero-order chi connectivity index (χ0) is 12.3. The van der Waals surface area contributed by atoms with E-state index < -0.39 is 0 Å². The predicted molar refractivity (Wildman–Crippen MR) is 64.2 cm³/mol. The van der Waals surface area contributed by atoms with Gasteiger partial charge in [0, 0.05) is 19.1 Å². The highest BCUT2D eigenvalue weighted by molar-refractivity contribution is 4.94. The number of rotatable bonds is 5. The SMILES string of the molecule is CC(C)n1ncnc1CC(NN)C1CCCO1. The molecule has 2 rings (SSSR count). The Bertz CT molecular complexity index is 345. The fourth-order valence-corrected chi connectivity index (χ4v) is 2.27. The van der Waals surface area contributed by atoms with Gasteiger partial charge in [0.15, 0.2) is 0 Å². The number of hydrogen-bond acceptors (Lipinski definition) is 5. The van der Waals surface area contributed by atoms with Crippen molar-refractivity contribution in [2.24, 2.45) is 5.84 Å². The van der Waals surface area contributed by atoms with Crippen LogP contribution in [0, 0.1) is 0 Å². The van der Waals surface area contributed by atoms with Gasteiger partial charge in [0.25, 0.3) is 0 Å². The van der Waals surface area contributed by atoms with Crippen LogP contribution in [-0.4, -0.2) is 33.5 Å². The van der Waals surface area contributed by atoms with Crippen molar-refractivity contribution in [2.75, 3.05) is 6.61 Å². The van der Waals surface area contributed by atoms with E-state index in [9.17, 15) is 0 Å². The van der Waals surface area contributed by atoms with Gasteiger partial charge in [-0.15, -0.1) is 0 Å². The summed E-state index contributed by atoms with van der Waals surface area (Å²) < 4.78 is 7.59. The minimum Gasteiger partial charge on any atom is -0.377 e. The summed E-state index contributed by atoms with van der Waals surface area (Å²) in [6, 6.07) is 0.426. The second-order valence-electron chi connectivity index (χ2n) is 4.74. The fraction of sp³-hybridized carbons (Fsp3) is 0.818. The molecule has 6 heteroatoms. The molecule has 2 heterocycles. The Morgan fingerprint density at radius 1 is 1.65 bits per heavy atom. The van der Waals surface area contributed by atoms with Gasteiger partial charge in [-0.3, -0.25) is 11.3 Å². The molecule has 6 nitrogen and oxygen atoms in total. The number of nitrogens with one attached hydrogen (secondary N) is 1. The Kier molecular flexibility index (Phi) is 4.09. The summed E-state index contributed by atoms with van der Waals surface area (Å²) in [6.07, 6.45) is 4.71. The predicted octanol–water partition coefficient (Wildman–Crippen LogP) is 0.412. The van der Waals surface area contributed by atoms with E-state index in [2.05, 4.69) is 29.4 Å². The second-order valence-corrected chi connectivity index (χ2v) is 4.74. The average molecular weight is 239 g/mol. The molecule has 2 atom stereocenters. The molecule has 0 saturated carbocycles. The Labute approximate surface area is 102 Å². The monoisotopic (exact) mass is 239 g/mol. The number of ether oxygens (including phenoxy) is 1. The molecule has 1 saturated heterocycles. The molecule has 1 aliphatic rings. The summed E-state index contributed by atoms with van der Waals surface area (Å²) in [5, 5.41) is 4.23. The van der Waals surface area contributed by atoms with Crippen molar-refractivity contribution >= 4 is 0 Å². The Balaban J connectivity index is 2.04. The van der Waals surface area contributed by atoms with Crippen LogP contribution in [0.15, 0.2) is 6.33 Å². The molecule has 0 aliphatic carbocycles. The maximum atomic E-state index is 5.66. The third-order valence-electron chi connectivity index (χ3n) is 3.17. The number of nitrogens with zero attached hydrogens (tertiary/aromatic N) is 3. The van der Waals surface area contributed by atoms with E-state index in [1.165, 1.54) is 0 Å². The largest absolute Gasteiger partial charge is 0.377 e. The van der Waals surface area contributed by atoms with Crippen molar-refractivity contribution in [1.29, 1.82) is 0 Å². The van der Waals surface area contributed by atoms with Gasteiger partial charge < -0.3 is 4.74 Å². The lowest BCUT2D eigenvalue weighted by atomic mass is 10.1. The molecule has 1 fully saturated rings. The first-order valence-corrected chi connectivity index (χ1v) is 6.18. The molecule has 1 aliphatic heterocycles. The van der Waals surface area contributed by atoms with Gasteiger partial charge in [0.2, 0.25) is 0 Å². The van der Waals surface area contributed by atoms with Crippen LogP contribution < -0.4 is 11.3 Å². The molecule has 2 unspecified atom stereocenters. The van der Waals surface area contributed by atoms with Crippen molar-refractivity contribution in [3.05, 3.63) is 12.2 Å². The maximum Gasteiger partial charge on any atom is 0.138 e. The molecule has 17 heavy (non-hydrogen) atoms. The van der Waals surface area contributed by atoms with E-state index in [0.717, 1.165) is 31.7 Å². The normalized spacial score (nSPS) is 22.2. The number of hydrogen-bond donors (Lipinski definition) is 2. The van der Waals surface area contributed by atoms with Gasteiger partial charge in [-0.2, -0.15) is 5.10 Å². The zero-order valence-electron chi connectivity index (χ0n) is 10.5. The molecule has 1 aromatic heterocycles. The summed E-state index contributed by atoms with van der Waals surface area (Å²) >= 11 is 0. The second kappa shape index (κ2) is 5.57. The molecule has 0 aromatic carbocycles. The molecular weight excluding hydrogens is 218 g/mol. The molecule has 0 bridgehead atoms. The highest BCUT2D eigenvalue weighted by Gasteiger charge is 2.26. The van der Waals surface area contributed by atoms with Crippen LogP contribution in [0.5, 0.6) is 0 Å². The topological polar surface area (TPSA) is 78.0 Å². The number of nitrogens with two attached hydrogens (primary N) is 1. The molecule has 0 spiro atoms. The quantitative estimate of drug-likeness (QED) is 0.575. The van der Waals surface area contributed by atoms with E-state index in [0.29, 0.717) is 6.04 Å². The molecular formula is C11H21N5O. The van der Waals surface area contributed by atoms with E-state index in [1.807, 2.05) is 4.68 Å². The first-order valence-electron chi connectivity index (χ1n) is 6.18. The number of aromatic nitrogens is 3. The van der Waals surface area contributed by atoms with Gasteiger partial charge in [-0.1, -0.05) is 0 Å². The van der Waals surface area contributed by atoms with Gasteiger partial charge in [0.05, 0.1) is 12.1 Å². The lowest BCUT2D eigenvalue weighted by Gasteiger charge is -2.22. The van der Waals surface area contributed by atoms with Gasteiger partial charge >= 0.3 is 0 Å². The van der Waals surface area contributed by atoms with Crippen LogP contribution in [0.1, 0.15) is 38.6 Å². The molecule has 0 amide bonds. The first-order chi connectivity index (χ1) is 8.22. The number of hydrazine groups is 1. The smallest absolute Gasteiger partial charge is 0.138 e. The Morgan fingerprint density at radius 2 is 2.47 bits per heavy atom. The maximum absolute atomic E-state index is 5.66. The van der Waals surface area contributed by atoms with E-state index in [4.69, 9.17) is 10.6 Å². The summed E-state index contributed by atoms with van der Waals surface area (Å²) in [5.41, 5.74) is 2.84. The molecule has 96 valence electrons. The highest BCUT2D eigenvalue weighted by atomic mass is 16.5. The minimum atomic E-state index is 0.110. The van der Waals surface area contributed by atoms with Gasteiger partial charge in [-0.05, 0) is 26.7 Å². The summed E-state index contributed by atoms with van der Waals surface area (Å²) in [5.74, 6) is 6.56.